The second kappa shape index (κ2) is 31.6. The van der Waals surface area contributed by atoms with Crippen molar-refractivity contribution in [2.75, 3.05) is 5.73 Å². The number of nitrogen functional groups attached to an aromatic ring is 1. The summed E-state index contributed by atoms with van der Waals surface area (Å²) in [7, 11) is -6.20. The number of azo groups is 1. The molecule has 78 heavy (non-hydrogen) atoms. The van der Waals surface area contributed by atoms with Crippen molar-refractivity contribution in [3.05, 3.63) is 152 Å². The zero-order valence-corrected chi connectivity index (χ0v) is 44.0. The number of H-pyrrole nitrogens is 2. The summed E-state index contributed by atoms with van der Waals surface area (Å²) in [5.41, 5.74) is 10.2. The molecule has 5 N–H and O–H groups in total. The molecule has 0 bridgehead atoms. The van der Waals surface area contributed by atoms with E-state index >= 15 is 0 Å². The van der Waals surface area contributed by atoms with Gasteiger partial charge in [-0.15, -0.1) is 25.8 Å². The first-order valence-corrected chi connectivity index (χ1v) is 22.1. The van der Waals surface area contributed by atoms with Crippen LogP contribution in [0.3, 0.4) is 0 Å². The van der Waals surface area contributed by atoms with Crippen molar-refractivity contribution in [3.63, 3.8) is 0 Å². The van der Waals surface area contributed by atoms with Crippen molar-refractivity contribution in [1.82, 2.24) is 98.9 Å². The number of diazo groups is 1. The number of anilines is 1. The molecule has 2 unspecified atom stereocenters. The van der Waals surface area contributed by atoms with E-state index in [0.717, 1.165) is 28.2 Å². The Kier molecular flexibility index (Phi) is 25.2. The molecule has 394 valence electrons. The zero-order chi connectivity index (χ0) is 56.4. The molecule has 0 saturated heterocycles. The quantitative estimate of drug-likeness (QED) is 0.0255. The molecule has 39 nitrogen and oxygen atoms in total. The van der Waals surface area contributed by atoms with Crippen LogP contribution in [0.4, 0.5) is 40.2 Å². The van der Waals surface area contributed by atoms with E-state index in [2.05, 4.69) is 115 Å². The standard InChI is InChI=1S/C14H11N11.C8H4N7.C8H6N6.C6H8N4.HNO2.Na.2HO4P.2H2/c1-8-11(13-19-9(2)23-25(13)22-8)20-21-12-10(15-3)7-18-24(12)14-16-5-4-6-17-14;1-10-6-5-13-15(7(6)14-9)8-11-3-2-4-12-8;1-10-6-5-13-14(7(6)9)8-11-3-2-4-12-8;1-4-3-6-7-5(2)9-10(6)8-4;2-1-3;;2*1-4-5(2)3;;/h4-7,22H,1-2H3;2-5H;2-5H,9H2;3,8H,1-2H3;(H,2,3);;2*1H;2*1H/q;+1;;;;+1;;;;/p-2. The second-order valence-corrected chi connectivity index (χ2v) is 14.4. The third-order valence-electron chi connectivity index (χ3n) is 8.21. The minimum absolute atomic E-state index is 0. The number of hydrogen-bond acceptors (Lipinski definition) is 28. The van der Waals surface area contributed by atoms with Gasteiger partial charge in [0, 0.05) is 61.4 Å². The third kappa shape index (κ3) is 17.5. The SMILES string of the molecule is Cc1nc2cc(C)[nH]n2n1.O=N[O-].O=[P+]([O-])OO.O=[P+]([O-])O[O-].[C-]#[N+]c1cnn(-c2ncccn2)c1N.[C-]#[N+]c1cnn(-c2ncccn2)c1N=Nc1c(C)[nH]n2nc(C)nc12.[C-]#[N+]c1cnn(-c2ncccn2)c1[N+]#N.[HH].[HH].[Na+]. The van der Waals surface area contributed by atoms with E-state index < -0.39 is 16.5 Å². The van der Waals surface area contributed by atoms with Crippen molar-refractivity contribution >= 4 is 68.0 Å². The van der Waals surface area contributed by atoms with Gasteiger partial charge in [-0.25, -0.2) is 54.4 Å². The molecule has 0 spiro atoms. The van der Waals surface area contributed by atoms with Crippen molar-refractivity contribution < 1.29 is 71.2 Å². The van der Waals surface area contributed by atoms with E-state index in [0.29, 0.717) is 34.7 Å². The van der Waals surface area contributed by atoms with Crippen LogP contribution in [0.2, 0.25) is 0 Å². The van der Waals surface area contributed by atoms with Gasteiger partial charge < -0.3 is 30.9 Å². The van der Waals surface area contributed by atoms with Gasteiger partial charge >= 0.3 is 63.5 Å². The first-order valence-electron chi connectivity index (χ1n) is 19.9. The molecule has 0 aliphatic rings. The Morgan fingerprint density at radius 3 is 1.65 bits per heavy atom. The Bertz CT molecular complexity index is 3690. The average molecular weight is 1120 g/mol. The average Bonchev–Trinajstić information content (AvgIpc) is 4.34. The van der Waals surface area contributed by atoms with Crippen LogP contribution in [-0.2, 0) is 18.5 Å². The summed E-state index contributed by atoms with van der Waals surface area (Å²) < 4.78 is 30.0. The van der Waals surface area contributed by atoms with Crippen molar-refractivity contribution in [3.8, 4) is 17.8 Å². The van der Waals surface area contributed by atoms with E-state index in [1.807, 2.05) is 26.8 Å². The summed E-state index contributed by atoms with van der Waals surface area (Å²) in [6, 6.07) is 7.00. The largest absolute Gasteiger partial charge is 1.00 e. The molecular weight excluding hydrogens is 1080 g/mol. The maximum Gasteiger partial charge on any atom is 1.00 e. The van der Waals surface area contributed by atoms with Gasteiger partial charge in [-0.3, -0.25) is 10.2 Å². The van der Waals surface area contributed by atoms with Gasteiger partial charge in [0.25, 0.3) is 17.6 Å². The number of aromatic amines is 2. The second-order valence-electron chi connectivity index (χ2n) is 13.2. The number of rotatable bonds is 7. The number of aryl methyl sites for hydroxylation is 4. The summed E-state index contributed by atoms with van der Waals surface area (Å²) in [5.74, 6) is 2.86. The van der Waals surface area contributed by atoms with Crippen LogP contribution in [0.5, 0.6) is 0 Å². The summed E-state index contributed by atoms with van der Waals surface area (Å²) in [6.45, 7) is 28.4. The smallest absolute Gasteiger partial charge is 0.674 e. The van der Waals surface area contributed by atoms with Gasteiger partial charge in [-0.2, -0.15) is 38.8 Å². The van der Waals surface area contributed by atoms with Crippen molar-refractivity contribution in [2.24, 2.45) is 15.6 Å². The van der Waals surface area contributed by atoms with Crippen LogP contribution in [0, 0.1) is 62.9 Å². The Morgan fingerprint density at radius 1 is 0.731 bits per heavy atom. The number of aromatic nitrogens is 20. The number of nitrogens with one attached hydrogen (secondary N) is 2. The summed E-state index contributed by atoms with van der Waals surface area (Å²) in [4.78, 5) is 71.0. The van der Waals surface area contributed by atoms with Gasteiger partial charge in [0.15, 0.2) is 17.2 Å². The first kappa shape index (κ1) is 62.2. The van der Waals surface area contributed by atoms with Gasteiger partial charge in [0.1, 0.15) is 17.5 Å². The Hall–Kier alpha value is -10.1. The maximum absolute atomic E-state index is 8.93. The maximum atomic E-state index is 8.93. The topological polar surface area (TPSA) is 509 Å². The van der Waals surface area contributed by atoms with Gasteiger partial charge in [-0.05, 0) is 55.0 Å². The monoisotopic (exact) mass is 1120 g/mol. The molecule has 10 heterocycles. The Balaban J connectivity index is 0.000000509. The van der Waals surface area contributed by atoms with Gasteiger partial charge in [0.2, 0.25) is 11.3 Å². The van der Waals surface area contributed by atoms with Gasteiger partial charge in [-0.1, -0.05) is 9.78 Å². The summed E-state index contributed by atoms with van der Waals surface area (Å²) in [5, 5.41) is 68.0. The zero-order valence-electron chi connectivity index (χ0n) is 40.2. The number of nitrogens with two attached hydrogens (primary N) is 1. The molecule has 0 radical (unpaired) electrons. The number of nitrogens with zero attached hydrogens (tertiary/aromatic N) is 26. The predicted molar refractivity (Wildman–Crippen MR) is 257 cm³/mol. The number of fused-ring (bicyclic) bond motifs is 2. The van der Waals surface area contributed by atoms with E-state index in [1.165, 1.54) is 49.7 Å². The summed E-state index contributed by atoms with van der Waals surface area (Å²) >= 11 is 0. The van der Waals surface area contributed by atoms with Crippen LogP contribution in [0.15, 0.2) is 95.6 Å². The van der Waals surface area contributed by atoms with E-state index in [9.17, 15) is 0 Å². The molecule has 0 aliphatic carbocycles. The molecule has 0 aliphatic heterocycles. The Morgan fingerprint density at radius 2 is 1.18 bits per heavy atom. The Labute approximate surface area is 460 Å². The molecule has 10 aromatic heterocycles. The third-order valence-corrected chi connectivity index (χ3v) is 8.46. The molecule has 2 atom stereocenters. The fourth-order valence-corrected chi connectivity index (χ4v) is 5.34. The predicted octanol–water partition coefficient (Wildman–Crippen LogP) is 1.32. The molecule has 0 aromatic carbocycles. The molecule has 10 aromatic rings. The van der Waals surface area contributed by atoms with Crippen molar-refractivity contribution in [2.45, 2.75) is 27.7 Å². The molecule has 10 rings (SSSR count). The van der Waals surface area contributed by atoms with Crippen LogP contribution in [0.1, 0.15) is 25.9 Å². The van der Waals surface area contributed by atoms with Crippen LogP contribution >= 0.6 is 16.5 Å². The minimum Gasteiger partial charge on any atom is -0.674 e. The summed E-state index contributed by atoms with van der Waals surface area (Å²) in [6.07, 6.45) is 13.5. The normalized spacial score (nSPS) is 10.2. The van der Waals surface area contributed by atoms with E-state index in [4.69, 9.17) is 70.4 Å². The van der Waals surface area contributed by atoms with Crippen LogP contribution in [0.25, 0.3) is 48.7 Å². The van der Waals surface area contributed by atoms with E-state index in [-0.39, 0.29) is 67.2 Å². The minimum atomic E-state index is -3.15. The molecule has 0 fully saturated rings. The van der Waals surface area contributed by atoms with Crippen LogP contribution < -0.4 is 50.3 Å². The number of hydrogen-bond donors (Lipinski definition) is 4. The first-order chi connectivity index (χ1) is 37.1. The fraction of sp³-hybridized carbons (Fsp3) is 0.111. The molecule has 0 saturated carbocycles. The molecular formula is C36H34N29NaO10P2. The van der Waals surface area contributed by atoms with Crippen LogP contribution in [-0.4, -0.2) is 104 Å². The molecule has 0 amide bonds. The molecule has 42 heteroatoms. The fourth-order valence-electron chi connectivity index (χ4n) is 5.34. The van der Waals surface area contributed by atoms with E-state index in [1.54, 1.807) is 54.5 Å². The van der Waals surface area contributed by atoms with Crippen molar-refractivity contribution in [1.29, 1.82) is 5.39 Å². The van der Waals surface area contributed by atoms with Gasteiger partial charge in [0.05, 0.1) is 49.4 Å².